The molecule has 3 aromatic rings. The first-order valence-corrected chi connectivity index (χ1v) is 9.60. The minimum absolute atomic E-state index is 0.132. The summed E-state index contributed by atoms with van der Waals surface area (Å²) in [7, 11) is -3.82. The average molecular weight is 371 g/mol. The van der Waals surface area contributed by atoms with Crippen molar-refractivity contribution in [3.8, 4) is 17.2 Å². The van der Waals surface area contributed by atoms with Crippen LogP contribution in [0, 0.1) is 13.8 Å². The highest BCUT2D eigenvalue weighted by molar-refractivity contribution is 7.92. The number of nitrogens with one attached hydrogen (secondary N) is 1. The van der Waals surface area contributed by atoms with Crippen molar-refractivity contribution in [2.24, 2.45) is 0 Å². The molecule has 0 bridgehead atoms. The predicted octanol–water partition coefficient (Wildman–Crippen LogP) is 3.09. The van der Waals surface area contributed by atoms with E-state index in [1.807, 2.05) is 32.0 Å². The lowest BCUT2D eigenvalue weighted by Gasteiger charge is -2.06. The van der Waals surface area contributed by atoms with E-state index in [0.29, 0.717) is 13.0 Å². The first-order chi connectivity index (χ1) is 12.4. The minimum atomic E-state index is -3.82. The van der Waals surface area contributed by atoms with E-state index >= 15 is 0 Å². The number of anilines is 1. The van der Waals surface area contributed by atoms with Gasteiger partial charge in [-0.3, -0.25) is 0 Å². The van der Waals surface area contributed by atoms with Gasteiger partial charge in [0.2, 0.25) is 5.89 Å². The third-order valence-electron chi connectivity index (χ3n) is 4.23. The largest absolute Gasteiger partial charge is 0.493 e. The molecule has 0 saturated carbocycles. The van der Waals surface area contributed by atoms with Gasteiger partial charge in [0.1, 0.15) is 5.75 Å². The van der Waals surface area contributed by atoms with E-state index in [2.05, 4.69) is 14.9 Å². The highest BCUT2D eigenvalue weighted by Gasteiger charge is 2.22. The summed E-state index contributed by atoms with van der Waals surface area (Å²) in [4.78, 5) is 0.132. The normalized spacial score (nSPS) is 13.3. The van der Waals surface area contributed by atoms with E-state index in [-0.39, 0.29) is 16.8 Å². The molecule has 0 aliphatic carbocycles. The summed E-state index contributed by atoms with van der Waals surface area (Å²) in [6, 6.07) is 10.4. The van der Waals surface area contributed by atoms with E-state index in [9.17, 15) is 8.42 Å². The van der Waals surface area contributed by atoms with Crippen LogP contribution < -0.4 is 9.46 Å². The number of hydrogen-bond donors (Lipinski definition) is 1. The lowest BCUT2D eigenvalue weighted by atomic mass is 10.1. The van der Waals surface area contributed by atoms with Crippen molar-refractivity contribution < 1.29 is 17.6 Å². The summed E-state index contributed by atoms with van der Waals surface area (Å²) in [5.74, 6) is 0.987. The summed E-state index contributed by atoms with van der Waals surface area (Å²) < 4.78 is 38.4. The molecule has 134 valence electrons. The molecular formula is C18H17N3O4S. The van der Waals surface area contributed by atoms with Crippen molar-refractivity contribution in [2.45, 2.75) is 25.2 Å². The van der Waals surface area contributed by atoms with Crippen molar-refractivity contribution in [2.75, 3.05) is 11.3 Å². The topological polar surface area (TPSA) is 94.3 Å². The van der Waals surface area contributed by atoms with Gasteiger partial charge in [-0.15, -0.1) is 5.10 Å². The van der Waals surface area contributed by atoms with Gasteiger partial charge in [0.15, 0.2) is 0 Å². The first-order valence-electron chi connectivity index (χ1n) is 8.12. The molecule has 7 nitrogen and oxygen atoms in total. The lowest BCUT2D eigenvalue weighted by Crippen LogP contribution is -2.13. The van der Waals surface area contributed by atoms with Crippen molar-refractivity contribution in [3.05, 3.63) is 53.1 Å². The molecule has 2 aromatic carbocycles. The molecule has 0 unspecified atom stereocenters. The minimum Gasteiger partial charge on any atom is -0.493 e. The highest BCUT2D eigenvalue weighted by atomic mass is 32.2. The Labute approximate surface area is 151 Å². The van der Waals surface area contributed by atoms with Gasteiger partial charge in [0.25, 0.3) is 10.0 Å². The predicted molar refractivity (Wildman–Crippen MR) is 95.7 cm³/mol. The Balaban J connectivity index is 1.60. The molecule has 0 saturated heterocycles. The Kier molecular flexibility index (Phi) is 3.91. The zero-order valence-corrected chi connectivity index (χ0v) is 15.1. The third-order valence-corrected chi connectivity index (χ3v) is 5.55. The average Bonchev–Trinajstić information content (AvgIpc) is 3.23. The number of nitrogens with zero attached hydrogens (tertiary/aromatic N) is 2. The summed E-state index contributed by atoms with van der Waals surface area (Å²) in [5, 5.41) is 7.76. The zero-order chi connectivity index (χ0) is 18.3. The summed E-state index contributed by atoms with van der Waals surface area (Å²) >= 11 is 0. The number of aryl methyl sites for hydroxylation is 2. The van der Waals surface area contributed by atoms with Crippen molar-refractivity contribution >= 4 is 16.0 Å². The van der Waals surface area contributed by atoms with Crippen molar-refractivity contribution in [1.29, 1.82) is 0 Å². The van der Waals surface area contributed by atoms with Crippen LogP contribution in [0.2, 0.25) is 0 Å². The van der Waals surface area contributed by atoms with Crippen LogP contribution in [0.25, 0.3) is 11.5 Å². The fraction of sp³-hybridized carbons (Fsp3) is 0.222. The molecule has 0 radical (unpaired) electrons. The van der Waals surface area contributed by atoms with Crippen LogP contribution in [0.4, 0.5) is 6.01 Å². The number of ether oxygens (including phenoxy) is 1. The van der Waals surface area contributed by atoms with Gasteiger partial charge >= 0.3 is 6.01 Å². The standard InChI is InChI=1S/C18H17N3O4S/c1-11-3-5-15(12(2)9-11)17-19-20-18(25-17)21-26(22,23)14-4-6-16-13(10-14)7-8-24-16/h3-6,9-10H,7-8H2,1-2H3,(H,20,21). The van der Waals surface area contributed by atoms with E-state index in [4.69, 9.17) is 9.15 Å². The van der Waals surface area contributed by atoms with E-state index in [0.717, 1.165) is 28.0 Å². The summed E-state index contributed by atoms with van der Waals surface area (Å²) in [6.07, 6.45) is 0.691. The van der Waals surface area contributed by atoms with Crippen LogP contribution in [0.3, 0.4) is 0 Å². The van der Waals surface area contributed by atoms with Gasteiger partial charge in [-0.2, -0.15) is 0 Å². The molecule has 26 heavy (non-hydrogen) atoms. The van der Waals surface area contributed by atoms with Crippen LogP contribution in [0.5, 0.6) is 5.75 Å². The van der Waals surface area contributed by atoms with Gasteiger partial charge < -0.3 is 9.15 Å². The first kappa shape index (κ1) is 16.6. The number of sulfonamides is 1. The van der Waals surface area contributed by atoms with Gasteiger partial charge in [-0.1, -0.05) is 22.8 Å². The number of aromatic nitrogens is 2. The summed E-state index contributed by atoms with van der Waals surface area (Å²) in [5.41, 5.74) is 3.73. The molecule has 1 aliphatic rings. The van der Waals surface area contributed by atoms with Crippen LogP contribution in [-0.4, -0.2) is 25.2 Å². The number of benzene rings is 2. The molecule has 1 aromatic heterocycles. The van der Waals surface area contributed by atoms with E-state index < -0.39 is 10.0 Å². The van der Waals surface area contributed by atoms with Crippen LogP contribution >= 0.6 is 0 Å². The van der Waals surface area contributed by atoms with Crippen LogP contribution in [-0.2, 0) is 16.4 Å². The zero-order valence-electron chi connectivity index (χ0n) is 14.3. The molecular weight excluding hydrogens is 354 g/mol. The third kappa shape index (κ3) is 3.03. The van der Waals surface area contributed by atoms with Crippen molar-refractivity contribution in [1.82, 2.24) is 10.2 Å². The monoisotopic (exact) mass is 371 g/mol. The second kappa shape index (κ2) is 6.14. The molecule has 1 aliphatic heterocycles. The molecule has 8 heteroatoms. The second-order valence-electron chi connectivity index (χ2n) is 6.20. The Morgan fingerprint density at radius 2 is 1.92 bits per heavy atom. The maximum absolute atomic E-state index is 12.6. The number of rotatable bonds is 4. The highest BCUT2D eigenvalue weighted by Crippen LogP contribution is 2.29. The van der Waals surface area contributed by atoms with Crippen LogP contribution in [0.1, 0.15) is 16.7 Å². The van der Waals surface area contributed by atoms with Crippen molar-refractivity contribution in [3.63, 3.8) is 0 Å². The Morgan fingerprint density at radius 3 is 2.73 bits per heavy atom. The molecule has 4 rings (SSSR count). The maximum atomic E-state index is 12.6. The van der Waals surface area contributed by atoms with Gasteiger partial charge in [0.05, 0.1) is 11.5 Å². The molecule has 0 spiro atoms. The Bertz CT molecular complexity index is 1090. The van der Waals surface area contributed by atoms with E-state index in [1.165, 1.54) is 6.07 Å². The molecule has 2 heterocycles. The van der Waals surface area contributed by atoms with Crippen LogP contribution in [0.15, 0.2) is 45.7 Å². The quantitative estimate of drug-likeness (QED) is 0.757. The molecule has 1 N–H and O–H groups in total. The Hall–Kier alpha value is -2.87. The SMILES string of the molecule is Cc1ccc(-c2nnc(NS(=O)(=O)c3ccc4c(c3)CCO4)o2)c(C)c1. The lowest BCUT2D eigenvalue weighted by molar-refractivity contribution is 0.356. The molecule has 0 fully saturated rings. The fourth-order valence-corrected chi connectivity index (χ4v) is 3.91. The maximum Gasteiger partial charge on any atom is 0.330 e. The van der Waals surface area contributed by atoms with Gasteiger partial charge in [-0.25, -0.2) is 13.1 Å². The molecule has 0 atom stereocenters. The number of hydrogen-bond acceptors (Lipinski definition) is 6. The Morgan fingerprint density at radius 1 is 1.08 bits per heavy atom. The van der Waals surface area contributed by atoms with E-state index in [1.54, 1.807) is 12.1 Å². The van der Waals surface area contributed by atoms with Gasteiger partial charge in [-0.05, 0) is 49.2 Å². The fourth-order valence-electron chi connectivity index (χ4n) is 2.93. The molecule has 0 amide bonds. The van der Waals surface area contributed by atoms with Gasteiger partial charge in [0, 0.05) is 12.0 Å². The second-order valence-corrected chi connectivity index (χ2v) is 7.89. The smallest absolute Gasteiger partial charge is 0.330 e. The number of fused-ring (bicyclic) bond motifs is 1. The summed E-state index contributed by atoms with van der Waals surface area (Å²) in [6.45, 7) is 4.49.